The Kier molecular flexibility index (Phi) is 4.74. The molecule has 0 aromatic heterocycles. The van der Waals surface area contributed by atoms with E-state index in [2.05, 4.69) is 12.1 Å². The fraction of sp³-hybridized carbons (Fsp3) is 0.417. The molecule has 0 spiro atoms. The standard InChI is InChI=1S/C12H15OS/c1-10(13)12(14)9-5-8-11-6-3-2-4-7-11/h2-4,6-7,12H,5,8-9H2,1H3. The van der Waals surface area contributed by atoms with Crippen molar-refractivity contribution in [2.75, 3.05) is 0 Å². The van der Waals surface area contributed by atoms with Crippen LogP contribution in [0, 0.1) is 0 Å². The molecular weight excluding hydrogens is 192 g/mol. The fourth-order valence-electron chi connectivity index (χ4n) is 1.34. The highest BCUT2D eigenvalue weighted by Crippen LogP contribution is 2.10. The van der Waals surface area contributed by atoms with Gasteiger partial charge in [0.05, 0.1) is 5.25 Å². The van der Waals surface area contributed by atoms with Crippen molar-refractivity contribution in [3.63, 3.8) is 0 Å². The Bertz CT molecular complexity index is 282. The number of carbonyl (C=O) groups is 1. The lowest BCUT2D eigenvalue weighted by atomic mass is 10.1. The number of aryl methyl sites for hydroxylation is 1. The zero-order valence-corrected chi connectivity index (χ0v) is 9.22. The van der Waals surface area contributed by atoms with E-state index in [4.69, 9.17) is 12.6 Å². The largest absolute Gasteiger partial charge is 0.299 e. The predicted octanol–water partition coefficient (Wildman–Crippen LogP) is 3.16. The summed E-state index contributed by atoms with van der Waals surface area (Å²) in [5.41, 5.74) is 1.32. The summed E-state index contributed by atoms with van der Waals surface area (Å²) in [6, 6.07) is 10.3. The minimum atomic E-state index is -0.196. The van der Waals surface area contributed by atoms with Gasteiger partial charge in [0.2, 0.25) is 0 Å². The molecule has 0 saturated carbocycles. The Morgan fingerprint density at radius 3 is 2.57 bits per heavy atom. The van der Waals surface area contributed by atoms with Gasteiger partial charge >= 0.3 is 0 Å². The third kappa shape index (κ3) is 3.97. The summed E-state index contributed by atoms with van der Waals surface area (Å²) in [4.78, 5) is 10.9. The molecule has 75 valence electrons. The number of hydrogen-bond acceptors (Lipinski definition) is 1. The zero-order valence-electron chi connectivity index (χ0n) is 8.40. The van der Waals surface area contributed by atoms with Crippen LogP contribution in [0.4, 0.5) is 0 Å². The highest BCUT2D eigenvalue weighted by atomic mass is 32.1. The first-order chi connectivity index (χ1) is 6.70. The average Bonchev–Trinajstić information content (AvgIpc) is 2.19. The van der Waals surface area contributed by atoms with Crippen LogP contribution in [0.25, 0.3) is 0 Å². The first kappa shape index (κ1) is 11.3. The molecule has 1 aromatic rings. The number of rotatable bonds is 5. The molecule has 1 radical (unpaired) electrons. The highest BCUT2D eigenvalue weighted by Gasteiger charge is 2.08. The van der Waals surface area contributed by atoms with Gasteiger partial charge in [0.1, 0.15) is 5.78 Å². The molecule has 0 amide bonds. The van der Waals surface area contributed by atoms with E-state index in [9.17, 15) is 4.79 Å². The molecule has 1 atom stereocenters. The van der Waals surface area contributed by atoms with Crippen LogP contribution in [0.2, 0.25) is 0 Å². The Morgan fingerprint density at radius 2 is 2.00 bits per heavy atom. The maximum atomic E-state index is 10.9. The minimum Gasteiger partial charge on any atom is -0.299 e. The van der Waals surface area contributed by atoms with Gasteiger partial charge in [-0.15, -0.1) is 0 Å². The molecule has 1 unspecified atom stereocenters. The average molecular weight is 207 g/mol. The summed E-state index contributed by atoms with van der Waals surface area (Å²) in [5.74, 6) is 0.119. The van der Waals surface area contributed by atoms with Crippen LogP contribution in [0.5, 0.6) is 0 Å². The van der Waals surface area contributed by atoms with Gasteiger partial charge in [0, 0.05) is 0 Å². The lowest BCUT2D eigenvalue weighted by molar-refractivity contribution is -0.116. The van der Waals surface area contributed by atoms with E-state index in [-0.39, 0.29) is 11.0 Å². The summed E-state index contributed by atoms with van der Waals surface area (Å²) >= 11 is 5.03. The molecule has 1 nitrogen and oxygen atoms in total. The Morgan fingerprint density at radius 1 is 1.36 bits per heavy atom. The first-order valence-electron chi connectivity index (χ1n) is 4.90. The molecule has 0 aliphatic carbocycles. The molecule has 0 heterocycles. The van der Waals surface area contributed by atoms with E-state index >= 15 is 0 Å². The van der Waals surface area contributed by atoms with Crippen molar-refractivity contribution in [2.24, 2.45) is 0 Å². The van der Waals surface area contributed by atoms with E-state index < -0.39 is 0 Å². The molecule has 2 heteroatoms. The number of carbonyl (C=O) groups excluding carboxylic acids is 1. The van der Waals surface area contributed by atoms with Crippen molar-refractivity contribution in [1.29, 1.82) is 0 Å². The van der Waals surface area contributed by atoms with E-state index in [1.165, 1.54) is 5.56 Å². The molecule has 0 aliphatic rings. The Hall–Kier alpha value is -0.760. The number of ketones is 1. The first-order valence-corrected chi connectivity index (χ1v) is 5.37. The molecule has 0 saturated heterocycles. The smallest absolute Gasteiger partial charge is 0.143 e. The summed E-state index contributed by atoms with van der Waals surface area (Å²) in [6.45, 7) is 1.57. The van der Waals surface area contributed by atoms with E-state index in [0.717, 1.165) is 19.3 Å². The summed E-state index contributed by atoms with van der Waals surface area (Å²) in [5, 5.41) is -0.196. The molecule has 0 aliphatic heterocycles. The second-order valence-corrected chi connectivity index (χ2v) is 4.05. The summed E-state index contributed by atoms with van der Waals surface area (Å²) in [7, 11) is 0. The molecule has 14 heavy (non-hydrogen) atoms. The Labute approximate surface area is 90.9 Å². The number of hydrogen-bond donors (Lipinski definition) is 0. The van der Waals surface area contributed by atoms with E-state index in [0.29, 0.717) is 0 Å². The summed E-state index contributed by atoms with van der Waals surface area (Å²) < 4.78 is 0. The van der Waals surface area contributed by atoms with Crippen LogP contribution < -0.4 is 0 Å². The van der Waals surface area contributed by atoms with Crippen LogP contribution in [-0.2, 0) is 11.2 Å². The second kappa shape index (κ2) is 5.86. The third-order valence-electron chi connectivity index (χ3n) is 2.23. The van der Waals surface area contributed by atoms with Crippen LogP contribution in [0.3, 0.4) is 0 Å². The minimum absolute atomic E-state index is 0.119. The van der Waals surface area contributed by atoms with Crippen molar-refractivity contribution in [1.82, 2.24) is 0 Å². The predicted molar refractivity (Wildman–Crippen MR) is 61.4 cm³/mol. The lowest BCUT2D eigenvalue weighted by Gasteiger charge is -2.05. The van der Waals surface area contributed by atoms with Crippen molar-refractivity contribution in [3.8, 4) is 0 Å². The lowest BCUT2D eigenvalue weighted by Crippen LogP contribution is -2.10. The number of benzene rings is 1. The van der Waals surface area contributed by atoms with Gasteiger partial charge in [-0.05, 0) is 31.7 Å². The monoisotopic (exact) mass is 207 g/mol. The fourth-order valence-corrected chi connectivity index (χ4v) is 1.51. The van der Waals surface area contributed by atoms with Gasteiger partial charge in [-0.25, -0.2) is 0 Å². The van der Waals surface area contributed by atoms with Crippen molar-refractivity contribution >= 4 is 18.4 Å². The molecule has 0 N–H and O–H groups in total. The normalized spacial score (nSPS) is 12.4. The van der Waals surface area contributed by atoms with Crippen LogP contribution in [-0.4, -0.2) is 11.0 Å². The molecule has 1 rings (SSSR count). The number of Topliss-reactive ketones (excluding diaryl/α,β-unsaturated/α-hetero) is 1. The van der Waals surface area contributed by atoms with Gasteiger partial charge in [0.25, 0.3) is 0 Å². The second-order valence-electron chi connectivity index (χ2n) is 3.48. The SMILES string of the molecule is CC(=O)C([S])CCCc1ccccc1. The molecule has 0 bridgehead atoms. The van der Waals surface area contributed by atoms with Gasteiger partial charge in [-0.2, -0.15) is 0 Å². The van der Waals surface area contributed by atoms with Crippen LogP contribution in [0.15, 0.2) is 30.3 Å². The summed E-state index contributed by atoms with van der Waals surface area (Å²) in [6.07, 6.45) is 2.83. The molecule has 1 aromatic carbocycles. The topological polar surface area (TPSA) is 17.1 Å². The molecule has 0 fully saturated rings. The van der Waals surface area contributed by atoms with Gasteiger partial charge in [-0.3, -0.25) is 4.79 Å². The van der Waals surface area contributed by atoms with Crippen molar-refractivity contribution in [2.45, 2.75) is 31.4 Å². The molecular formula is C12H15OS. The highest BCUT2D eigenvalue weighted by molar-refractivity contribution is 7.81. The maximum absolute atomic E-state index is 10.9. The van der Waals surface area contributed by atoms with Gasteiger partial charge in [-0.1, -0.05) is 43.0 Å². The Balaban J connectivity index is 2.26. The zero-order chi connectivity index (χ0) is 10.4. The van der Waals surface area contributed by atoms with E-state index in [1.54, 1.807) is 6.92 Å². The van der Waals surface area contributed by atoms with Crippen molar-refractivity contribution < 1.29 is 4.79 Å². The van der Waals surface area contributed by atoms with Crippen LogP contribution in [0.1, 0.15) is 25.3 Å². The van der Waals surface area contributed by atoms with Crippen molar-refractivity contribution in [3.05, 3.63) is 35.9 Å². The van der Waals surface area contributed by atoms with Gasteiger partial charge < -0.3 is 0 Å². The van der Waals surface area contributed by atoms with Crippen LogP contribution >= 0.6 is 12.6 Å². The quantitative estimate of drug-likeness (QED) is 0.725. The maximum Gasteiger partial charge on any atom is 0.143 e. The third-order valence-corrected chi connectivity index (χ3v) is 2.80. The van der Waals surface area contributed by atoms with E-state index in [1.807, 2.05) is 18.2 Å². The van der Waals surface area contributed by atoms with Gasteiger partial charge in [0.15, 0.2) is 0 Å².